The van der Waals surface area contributed by atoms with Gasteiger partial charge in [0, 0.05) is 34.0 Å². The molecule has 7 heteroatoms. The van der Waals surface area contributed by atoms with E-state index in [9.17, 15) is 14.4 Å². The van der Waals surface area contributed by atoms with Gasteiger partial charge in [-0.15, -0.1) is 0 Å². The Morgan fingerprint density at radius 1 is 1.04 bits per heavy atom. The monoisotopic (exact) mass is 437 g/mol. The summed E-state index contributed by atoms with van der Waals surface area (Å²) < 4.78 is 0.894. The minimum Gasteiger partial charge on any atom is -0.321 e. The first kappa shape index (κ1) is 18.3. The van der Waals surface area contributed by atoms with Crippen molar-refractivity contribution in [3.63, 3.8) is 0 Å². The maximum Gasteiger partial charge on any atom is 0.255 e. The van der Waals surface area contributed by atoms with Crippen molar-refractivity contribution in [1.29, 1.82) is 0 Å². The highest BCUT2D eigenvalue weighted by atomic mass is 79.9. The fraction of sp³-hybridized carbons (Fsp3) is 0.143. The number of halogens is 1. The number of imide groups is 1. The molecule has 0 bridgehead atoms. The van der Waals surface area contributed by atoms with Crippen LogP contribution in [0.25, 0.3) is 10.9 Å². The molecule has 2 heterocycles. The number of fused-ring (bicyclic) bond motifs is 1. The molecule has 0 radical (unpaired) electrons. The summed E-state index contributed by atoms with van der Waals surface area (Å²) >= 11 is 3.45. The molecular weight excluding hydrogens is 422 g/mol. The van der Waals surface area contributed by atoms with Crippen LogP contribution in [0, 0.1) is 6.92 Å². The van der Waals surface area contributed by atoms with E-state index >= 15 is 0 Å². The van der Waals surface area contributed by atoms with E-state index in [1.807, 2.05) is 31.2 Å². The van der Waals surface area contributed by atoms with Gasteiger partial charge in [-0.1, -0.05) is 15.9 Å². The Balaban J connectivity index is 1.61. The van der Waals surface area contributed by atoms with Gasteiger partial charge in [-0.2, -0.15) is 0 Å². The standard InChI is InChI=1S/C21H16BrN3O3/c1-12-10-18(16-11-14(22)4-7-17(16)23-12)24-21(28)13-2-5-15(6-3-13)25-19(26)8-9-20(25)27/h2-7,10-11H,8-9H2,1H3,(H,23,24,28). The Morgan fingerprint density at radius 2 is 1.71 bits per heavy atom. The molecule has 3 amide bonds. The third-order valence-corrected chi connectivity index (χ3v) is 5.08. The van der Waals surface area contributed by atoms with E-state index in [0.29, 0.717) is 16.9 Å². The number of pyridine rings is 1. The molecule has 1 aliphatic rings. The van der Waals surface area contributed by atoms with Crippen LogP contribution in [0.1, 0.15) is 28.9 Å². The van der Waals surface area contributed by atoms with E-state index in [-0.39, 0.29) is 30.6 Å². The van der Waals surface area contributed by atoms with Crippen LogP contribution < -0.4 is 10.2 Å². The zero-order valence-electron chi connectivity index (χ0n) is 15.0. The molecule has 0 aliphatic carbocycles. The number of benzene rings is 2. The minimum atomic E-state index is -0.280. The van der Waals surface area contributed by atoms with Gasteiger partial charge in [0.2, 0.25) is 11.8 Å². The van der Waals surface area contributed by atoms with Gasteiger partial charge in [0.05, 0.1) is 16.9 Å². The normalized spacial score (nSPS) is 14.0. The Bertz CT molecular complexity index is 1110. The van der Waals surface area contributed by atoms with Crippen LogP contribution in [0.3, 0.4) is 0 Å². The maximum absolute atomic E-state index is 12.7. The van der Waals surface area contributed by atoms with Gasteiger partial charge in [-0.25, -0.2) is 0 Å². The van der Waals surface area contributed by atoms with Gasteiger partial charge < -0.3 is 5.32 Å². The van der Waals surface area contributed by atoms with E-state index in [2.05, 4.69) is 26.2 Å². The summed E-state index contributed by atoms with van der Waals surface area (Å²) in [5.41, 5.74) is 3.17. The number of aryl methyl sites for hydroxylation is 1. The van der Waals surface area contributed by atoms with Crippen molar-refractivity contribution in [2.24, 2.45) is 0 Å². The molecule has 2 aromatic carbocycles. The maximum atomic E-state index is 12.7. The van der Waals surface area contributed by atoms with Crippen molar-refractivity contribution in [3.05, 3.63) is 64.3 Å². The summed E-state index contributed by atoms with van der Waals surface area (Å²) in [7, 11) is 0. The topological polar surface area (TPSA) is 79.4 Å². The summed E-state index contributed by atoms with van der Waals surface area (Å²) in [4.78, 5) is 42.1. The smallest absolute Gasteiger partial charge is 0.255 e. The fourth-order valence-corrected chi connectivity index (χ4v) is 3.62. The Morgan fingerprint density at radius 3 is 2.39 bits per heavy atom. The third kappa shape index (κ3) is 3.41. The largest absolute Gasteiger partial charge is 0.321 e. The van der Waals surface area contributed by atoms with Crippen LogP contribution in [-0.4, -0.2) is 22.7 Å². The molecule has 28 heavy (non-hydrogen) atoms. The molecule has 0 atom stereocenters. The van der Waals surface area contributed by atoms with Crippen molar-refractivity contribution in [3.8, 4) is 0 Å². The zero-order valence-corrected chi connectivity index (χ0v) is 16.6. The molecule has 1 aromatic heterocycles. The first-order valence-electron chi connectivity index (χ1n) is 8.76. The number of amides is 3. The number of carbonyl (C=O) groups excluding carboxylic acids is 3. The molecule has 0 unspecified atom stereocenters. The molecule has 140 valence electrons. The van der Waals surface area contributed by atoms with Gasteiger partial charge in [0.25, 0.3) is 5.91 Å². The lowest BCUT2D eigenvalue weighted by atomic mass is 10.1. The molecule has 6 nitrogen and oxygen atoms in total. The number of nitrogens with one attached hydrogen (secondary N) is 1. The predicted molar refractivity (Wildman–Crippen MR) is 110 cm³/mol. The van der Waals surface area contributed by atoms with Crippen molar-refractivity contribution in [1.82, 2.24) is 4.98 Å². The number of carbonyl (C=O) groups is 3. The van der Waals surface area contributed by atoms with E-state index in [1.165, 1.54) is 4.90 Å². The Labute approximate surface area is 169 Å². The van der Waals surface area contributed by atoms with Crippen molar-refractivity contribution >= 4 is 55.9 Å². The lowest BCUT2D eigenvalue weighted by Crippen LogP contribution is -2.28. The highest BCUT2D eigenvalue weighted by Crippen LogP contribution is 2.27. The molecule has 0 spiro atoms. The molecular formula is C21H16BrN3O3. The molecule has 1 fully saturated rings. The van der Waals surface area contributed by atoms with Crippen molar-refractivity contribution < 1.29 is 14.4 Å². The van der Waals surface area contributed by atoms with E-state index in [0.717, 1.165) is 21.1 Å². The van der Waals surface area contributed by atoms with Gasteiger partial charge in [0.15, 0.2) is 0 Å². The van der Waals surface area contributed by atoms with E-state index in [4.69, 9.17) is 0 Å². The first-order chi connectivity index (χ1) is 13.4. The summed E-state index contributed by atoms with van der Waals surface area (Å²) in [6, 6.07) is 14.0. The average Bonchev–Trinajstić information content (AvgIpc) is 3.00. The number of nitrogens with zero attached hydrogens (tertiary/aromatic N) is 2. The highest BCUT2D eigenvalue weighted by Gasteiger charge is 2.30. The zero-order chi connectivity index (χ0) is 19.8. The Kier molecular flexibility index (Phi) is 4.68. The van der Waals surface area contributed by atoms with Crippen molar-refractivity contribution in [2.75, 3.05) is 10.2 Å². The van der Waals surface area contributed by atoms with Gasteiger partial charge in [0.1, 0.15) is 0 Å². The van der Waals surface area contributed by atoms with Gasteiger partial charge in [-0.05, 0) is 55.5 Å². The van der Waals surface area contributed by atoms with Crippen LogP contribution in [0.2, 0.25) is 0 Å². The van der Waals surface area contributed by atoms with Crippen LogP contribution in [0.4, 0.5) is 11.4 Å². The molecule has 0 saturated carbocycles. The van der Waals surface area contributed by atoms with E-state index in [1.54, 1.807) is 24.3 Å². The lowest BCUT2D eigenvalue weighted by Gasteiger charge is -2.14. The molecule has 1 saturated heterocycles. The van der Waals surface area contributed by atoms with Crippen LogP contribution in [0.15, 0.2) is 53.0 Å². The fourth-order valence-electron chi connectivity index (χ4n) is 3.25. The quantitative estimate of drug-likeness (QED) is 0.622. The number of aromatic nitrogens is 1. The molecule has 1 aliphatic heterocycles. The second kappa shape index (κ2) is 7.16. The Hall–Kier alpha value is -3.06. The number of rotatable bonds is 3. The third-order valence-electron chi connectivity index (χ3n) is 4.59. The van der Waals surface area contributed by atoms with Crippen LogP contribution in [0.5, 0.6) is 0 Å². The average molecular weight is 438 g/mol. The molecule has 3 aromatic rings. The van der Waals surface area contributed by atoms with Crippen LogP contribution >= 0.6 is 15.9 Å². The highest BCUT2D eigenvalue weighted by molar-refractivity contribution is 9.10. The number of hydrogen-bond acceptors (Lipinski definition) is 4. The molecule has 4 rings (SSSR count). The SMILES string of the molecule is Cc1cc(NC(=O)c2ccc(N3C(=O)CCC3=O)cc2)c2cc(Br)ccc2n1. The van der Waals surface area contributed by atoms with Crippen molar-refractivity contribution in [2.45, 2.75) is 19.8 Å². The summed E-state index contributed by atoms with van der Waals surface area (Å²) in [6.07, 6.45) is 0.455. The second-order valence-corrected chi connectivity index (χ2v) is 7.51. The second-order valence-electron chi connectivity index (χ2n) is 6.60. The van der Waals surface area contributed by atoms with Gasteiger partial charge >= 0.3 is 0 Å². The summed E-state index contributed by atoms with van der Waals surface area (Å²) in [6.45, 7) is 1.87. The predicted octanol–water partition coefficient (Wildman–Crippen LogP) is 4.21. The number of hydrogen-bond donors (Lipinski definition) is 1. The van der Waals surface area contributed by atoms with Gasteiger partial charge in [-0.3, -0.25) is 24.3 Å². The summed E-state index contributed by atoms with van der Waals surface area (Å²) in [5.74, 6) is -0.712. The first-order valence-corrected chi connectivity index (χ1v) is 9.56. The van der Waals surface area contributed by atoms with E-state index < -0.39 is 0 Å². The number of anilines is 2. The van der Waals surface area contributed by atoms with Crippen LogP contribution in [-0.2, 0) is 9.59 Å². The summed E-state index contributed by atoms with van der Waals surface area (Å²) in [5, 5.41) is 3.76. The minimum absolute atomic E-state index is 0.216. The molecule has 1 N–H and O–H groups in total. The lowest BCUT2D eigenvalue weighted by molar-refractivity contribution is -0.121.